The van der Waals surface area contributed by atoms with Crippen molar-refractivity contribution in [3.05, 3.63) is 46.4 Å². The van der Waals surface area contributed by atoms with Gasteiger partial charge in [-0.05, 0) is 18.1 Å². The molecule has 0 radical (unpaired) electrons. The molecule has 0 aliphatic carbocycles. The number of H-pyrrole nitrogens is 2. The molecule has 3 aromatic rings. The maximum Gasteiger partial charge on any atom is 0.262 e. The number of rotatable bonds is 2. The third-order valence-electron chi connectivity index (χ3n) is 2.97. The van der Waals surface area contributed by atoms with Crippen LogP contribution in [0.4, 0.5) is 0 Å². The van der Waals surface area contributed by atoms with Gasteiger partial charge in [-0.25, -0.2) is 0 Å². The molecule has 2 heterocycles. The minimum atomic E-state index is -0.426. The maximum absolute atomic E-state index is 12.2. The fraction of sp³-hybridized carbons (Fsp3) is 0.0769. The predicted octanol–water partition coefficient (Wildman–Crippen LogP) is 1.24. The predicted molar refractivity (Wildman–Crippen MR) is 72.1 cm³/mol. The Bertz CT molecular complexity index is 808. The molecule has 3 rings (SSSR count). The van der Waals surface area contributed by atoms with Gasteiger partial charge in [0.25, 0.3) is 5.56 Å². The molecule has 1 aromatic carbocycles. The summed E-state index contributed by atoms with van der Waals surface area (Å²) in [7, 11) is 0. The van der Waals surface area contributed by atoms with Gasteiger partial charge in [0.05, 0.1) is 6.20 Å². The lowest BCUT2D eigenvalue weighted by Crippen LogP contribution is -2.12. The monoisotopic (exact) mass is 269 g/mol. The minimum absolute atomic E-state index is 0.148. The molecule has 100 valence electrons. The molecular formula is C13H11N5O2. The summed E-state index contributed by atoms with van der Waals surface area (Å²) in [6, 6.07) is 7.28. The molecule has 0 saturated heterocycles. The van der Waals surface area contributed by atoms with Gasteiger partial charge in [-0.3, -0.25) is 4.79 Å². The number of aromatic hydroxyl groups is 1. The summed E-state index contributed by atoms with van der Waals surface area (Å²) in [6.45, 7) is 1.86. The summed E-state index contributed by atoms with van der Waals surface area (Å²) in [4.78, 5) is 18.8. The summed E-state index contributed by atoms with van der Waals surface area (Å²) in [5.41, 5.74) is 1.60. The Hall–Kier alpha value is -2.96. The Morgan fingerprint density at radius 1 is 1.25 bits per heavy atom. The maximum atomic E-state index is 12.2. The molecule has 0 amide bonds. The van der Waals surface area contributed by atoms with Gasteiger partial charge in [0.2, 0.25) is 5.88 Å². The molecule has 0 saturated carbocycles. The molecule has 0 unspecified atom stereocenters. The smallest absolute Gasteiger partial charge is 0.262 e. The fourth-order valence-corrected chi connectivity index (χ4v) is 1.99. The molecule has 0 bridgehead atoms. The van der Waals surface area contributed by atoms with Crippen LogP contribution >= 0.6 is 0 Å². The Morgan fingerprint density at radius 2 is 2.05 bits per heavy atom. The first-order chi connectivity index (χ1) is 9.66. The van der Waals surface area contributed by atoms with E-state index in [9.17, 15) is 9.90 Å². The third-order valence-corrected chi connectivity index (χ3v) is 2.97. The van der Waals surface area contributed by atoms with Gasteiger partial charge in [-0.15, -0.1) is 0 Å². The Morgan fingerprint density at radius 3 is 2.70 bits per heavy atom. The van der Waals surface area contributed by atoms with Crippen LogP contribution in [-0.2, 0) is 0 Å². The molecular weight excluding hydrogens is 258 g/mol. The van der Waals surface area contributed by atoms with Crippen molar-refractivity contribution < 1.29 is 5.11 Å². The second-order valence-electron chi connectivity index (χ2n) is 4.28. The summed E-state index contributed by atoms with van der Waals surface area (Å²) in [6.07, 6.45) is 1.41. The van der Waals surface area contributed by atoms with Crippen LogP contribution < -0.4 is 5.56 Å². The van der Waals surface area contributed by atoms with Crippen molar-refractivity contribution >= 4 is 0 Å². The highest BCUT2D eigenvalue weighted by atomic mass is 16.3. The minimum Gasteiger partial charge on any atom is -0.493 e. The number of benzene rings is 1. The third kappa shape index (κ3) is 1.95. The van der Waals surface area contributed by atoms with E-state index in [4.69, 9.17) is 0 Å². The van der Waals surface area contributed by atoms with Gasteiger partial charge >= 0.3 is 0 Å². The van der Waals surface area contributed by atoms with Gasteiger partial charge < -0.3 is 10.1 Å². The van der Waals surface area contributed by atoms with Crippen molar-refractivity contribution in [1.29, 1.82) is 0 Å². The van der Waals surface area contributed by atoms with Crippen LogP contribution in [0.2, 0.25) is 0 Å². The van der Waals surface area contributed by atoms with Crippen molar-refractivity contribution in [2.75, 3.05) is 0 Å². The summed E-state index contributed by atoms with van der Waals surface area (Å²) in [5.74, 6) is -0.167. The molecule has 0 spiro atoms. The first-order valence-corrected chi connectivity index (χ1v) is 5.92. The van der Waals surface area contributed by atoms with E-state index in [0.717, 1.165) is 5.56 Å². The lowest BCUT2D eigenvalue weighted by Gasteiger charge is -2.07. The number of aromatic nitrogens is 5. The average molecular weight is 269 g/mol. The Labute approximate surface area is 113 Å². The number of hydrogen-bond acceptors (Lipinski definition) is 5. The lowest BCUT2D eigenvalue weighted by molar-refractivity contribution is 0.454. The van der Waals surface area contributed by atoms with Crippen LogP contribution in [0.5, 0.6) is 5.88 Å². The standard InChI is InChI=1S/C13H11N5O2/c1-7-4-2-3-5-8(7)10-12(19)15-11(16-13(10)20)9-6-14-18-17-9/h2-6H,1H3,(H,14,17,18)(H2,15,16,19,20). The van der Waals surface area contributed by atoms with Crippen molar-refractivity contribution in [2.24, 2.45) is 0 Å². The van der Waals surface area contributed by atoms with Crippen LogP contribution in [0.15, 0.2) is 35.3 Å². The van der Waals surface area contributed by atoms with E-state index < -0.39 is 5.56 Å². The molecule has 2 aromatic heterocycles. The second-order valence-corrected chi connectivity index (χ2v) is 4.28. The van der Waals surface area contributed by atoms with Crippen molar-refractivity contribution in [1.82, 2.24) is 25.4 Å². The SMILES string of the molecule is Cc1ccccc1-c1c(O)nc(-c2cn[nH]n2)[nH]c1=O. The normalized spacial score (nSPS) is 10.7. The molecule has 0 aliphatic rings. The van der Waals surface area contributed by atoms with Crippen LogP contribution in [0, 0.1) is 6.92 Å². The molecule has 0 fully saturated rings. The number of nitrogens with zero attached hydrogens (tertiary/aromatic N) is 3. The second kappa shape index (κ2) is 4.61. The van der Waals surface area contributed by atoms with Crippen LogP contribution in [-0.4, -0.2) is 30.5 Å². The van der Waals surface area contributed by atoms with Crippen LogP contribution in [0.25, 0.3) is 22.6 Å². The lowest BCUT2D eigenvalue weighted by atomic mass is 10.0. The summed E-state index contributed by atoms with van der Waals surface area (Å²) < 4.78 is 0. The largest absolute Gasteiger partial charge is 0.493 e. The van der Waals surface area contributed by atoms with E-state index in [1.54, 1.807) is 12.1 Å². The first kappa shape index (κ1) is 12.1. The molecule has 0 atom stereocenters. The molecule has 7 heteroatoms. The van der Waals surface area contributed by atoms with Gasteiger partial charge in [-0.1, -0.05) is 24.3 Å². The molecule has 7 nitrogen and oxygen atoms in total. The van der Waals surface area contributed by atoms with E-state index in [1.807, 2.05) is 19.1 Å². The Kier molecular flexibility index (Phi) is 2.79. The van der Waals surface area contributed by atoms with E-state index in [-0.39, 0.29) is 17.3 Å². The van der Waals surface area contributed by atoms with Crippen molar-refractivity contribution in [2.45, 2.75) is 6.92 Å². The number of nitrogens with one attached hydrogen (secondary N) is 2. The van der Waals surface area contributed by atoms with Gasteiger partial charge in [0, 0.05) is 0 Å². The highest BCUT2D eigenvalue weighted by Crippen LogP contribution is 2.27. The number of hydrogen-bond donors (Lipinski definition) is 3. The van der Waals surface area contributed by atoms with Crippen molar-refractivity contribution in [3.63, 3.8) is 0 Å². The Balaban J connectivity index is 2.20. The van der Waals surface area contributed by atoms with E-state index in [0.29, 0.717) is 11.3 Å². The quantitative estimate of drug-likeness (QED) is 0.648. The molecule has 20 heavy (non-hydrogen) atoms. The zero-order valence-electron chi connectivity index (χ0n) is 10.6. The molecule has 3 N–H and O–H groups in total. The molecule has 0 aliphatic heterocycles. The topological polar surface area (TPSA) is 108 Å². The van der Waals surface area contributed by atoms with E-state index >= 15 is 0 Å². The van der Waals surface area contributed by atoms with Gasteiger partial charge in [-0.2, -0.15) is 20.4 Å². The fourth-order valence-electron chi connectivity index (χ4n) is 1.99. The summed E-state index contributed by atoms with van der Waals surface area (Å²) >= 11 is 0. The summed E-state index contributed by atoms with van der Waals surface area (Å²) in [5, 5.41) is 19.9. The first-order valence-electron chi connectivity index (χ1n) is 5.92. The zero-order valence-corrected chi connectivity index (χ0v) is 10.6. The average Bonchev–Trinajstić information content (AvgIpc) is 2.94. The van der Waals surface area contributed by atoms with Gasteiger partial charge in [0.1, 0.15) is 11.3 Å². The van der Waals surface area contributed by atoms with Crippen LogP contribution in [0.1, 0.15) is 5.56 Å². The highest BCUT2D eigenvalue weighted by Gasteiger charge is 2.16. The number of aryl methyl sites for hydroxylation is 1. The van der Waals surface area contributed by atoms with Crippen LogP contribution in [0.3, 0.4) is 0 Å². The van der Waals surface area contributed by atoms with Gasteiger partial charge in [0.15, 0.2) is 5.82 Å². The van der Waals surface area contributed by atoms with E-state index in [2.05, 4.69) is 25.4 Å². The highest BCUT2D eigenvalue weighted by molar-refractivity contribution is 5.71. The zero-order chi connectivity index (χ0) is 14.1. The number of aromatic amines is 2. The van der Waals surface area contributed by atoms with E-state index in [1.165, 1.54) is 6.20 Å². The van der Waals surface area contributed by atoms with Crippen molar-refractivity contribution in [3.8, 4) is 28.5 Å².